The van der Waals surface area contributed by atoms with Crippen molar-refractivity contribution >= 4 is 5.69 Å². The topological polar surface area (TPSA) is 38.0 Å². The highest BCUT2D eigenvalue weighted by Gasteiger charge is 2.32. The SMILES string of the molecule is Nc1cc(CNC2CC2)ccc1C(F)(F)F. The molecular weight excluding hydrogens is 217 g/mol. The Labute approximate surface area is 91.6 Å². The normalized spacial score (nSPS) is 16.4. The lowest BCUT2D eigenvalue weighted by Crippen LogP contribution is -2.16. The lowest BCUT2D eigenvalue weighted by molar-refractivity contribution is -0.136. The van der Waals surface area contributed by atoms with Crippen molar-refractivity contribution in [2.45, 2.75) is 31.6 Å². The number of benzene rings is 1. The van der Waals surface area contributed by atoms with E-state index < -0.39 is 11.7 Å². The quantitative estimate of drug-likeness (QED) is 0.783. The first-order valence-electron chi connectivity index (χ1n) is 5.16. The van der Waals surface area contributed by atoms with Crippen LogP contribution in [0.4, 0.5) is 18.9 Å². The third-order valence-electron chi connectivity index (χ3n) is 2.59. The third-order valence-corrected chi connectivity index (χ3v) is 2.59. The van der Waals surface area contributed by atoms with Gasteiger partial charge >= 0.3 is 6.18 Å². The van der Waals surface area contributed by atoms with Crippen LogP contribution in [-0.4, -0.2) is 6.04 Å². The number of nitrogens with two attached hydrogens (primary N) is 1. The van der Waals surface area contributed by atoms with Crippen molar-refractivity contribution in [3.05, 3.63) is 29.3 Å². The lowest BCUT2D eigenvalue weighted by Gasteiger charge is -2.11. The maximum absolute atomic E-state index is 12.4. The summed E-state index contributed by atoms with van der Waals surface area (Å²) in [5.74, 6) is 0. The Morgan fingerprint density at radius 1 is 1.31 bits per heavy atom. The molecule has 3 N–H and O–H groups in total. The summed E-state index contributed by atoms with van der Waals surface area (Å²) in [5.41, 5.74) is 5.20. The van der Waals surface area contributed by atoms with E-state index in [4.69, 9.17) is 5.73 Å². The minimum Gasteiger partial charge on any atom is -0.398 e. The van der Waals surface area contributed by atoms with E-state index in [1.54, 1.807) is 0 Å². The molecule has 1 aliphatic carbocycles. The summed E-state index contributed by atoms with van der Waals surface area (Å²) in [6.07, 6.45) is -2.07. The van der Waals surface area contributed by atoms with E-state index in [0.29, 0.717) is 12.6 Å². The molecule has 0 saturated heterocycles. The first kappa shape index (κ1) is 11.3. The Bertz CT molecular complexity index is 383. The van der Waals surface area contributed by atoms with Crippen LogP contribution < -0.4 is 11.1 Å². The number of hydrogen-bond donors (Lipinski definition) is 2. The van der Waals surface area contributed by atoms with Gasteiger partial charge in [-0.25, -0.2) is 0 Å². The zero-order chi connectivity index (χ0) is 11.8. The summed E-state index contributed by atoms with van der Waals surface area (Å²) in [4.78, 5) is 0. The van der Waals surface area contributed by atoms with Crippen LogP contribution in [0.25, 0.3) is 0 Å². The molecule has 0 bridgehead atoms. The molecule has 5 heteroatoms. The van der Waals surface area contributed by atoms with Crippen molar-refractivity contribution < 1.29 is 13.2 Å². The van der Waals surface area contributed by atoms with E-state index in [9.17, 15) is 13.2 Å². The van der Waals surface area contributed by atoms with Crippen molar-refractivity contribution in [3.8, 4) is 0 Å². The van der Waals surface area contributed by atoms with Gasteiger partial charge in [0.25, 0.3) is 0 Å². The van der Waals surface area contributed by atoms with E-state index in [0.717, 1.165) is 24.5 Å². The van der Waals surface area contributed by atoms with Crippen LogP contribution in [0.5, 0.6) is 0 Å². The predicted octanol–water partition coefficient (Wildman–Crippen LogP) is 2.54. The number of nitrogens with one attached hydrogen (secondary N) is 1. The van der Waals surface area contributed by atoms with Crippen LogP contribution in [0.3, 0.4) is 0 Å². The summed E-state index contributed by atoms with van der Waals surface area (Å²) in [5, 5.41) is 3.22. The van der Waals surface area contributed by atoms with Gasteiger partial charge in [-0.05, 0) is 30.5 Å². The molecule has 0 atom stereocenters. The number of rotatable bonds is 3. The molecule has 0 aromatic heterocycles. The Hall–Kier alpha value is -1.23. The standard InChI is InChI=1S/C11H13F3N2/c12-11(13,14)9-4-1-7(5-10(9)15)6-16-8-2-3-8/h1,4-5,8,16H,2-3,6,15H2. The summed E-state index contributed by atoms with van der Waals surface area (Å²) >= 11 is 0. The van der Waals surface area contributed by atoms with Crippen molar-refractivity contribution in [1.29, 1.82) is 0 Å². The first-order chi connectivity index (χ1) is 7.47. The molecule has 1 aliphatic rings. The van der Waals surface area contributed by atoms with E-state index in [1.165, 1.54) is 12.1 Å². The van der Waals surface area contributed by atoms with Gasteiger partial charge in [-0.15, -0.1) is 0 Å². The average molecular weight is 230 g/mol. The zero-order valence-corrected chi connectivity index (χ0v) is 8.64. The van der Waals surface area contributed by atoms with Gasteiger partial charge in [0.2, 0.25) is 0 Å². The van der Waals surface area contributed by atoms with E-state index >= 15 is 0 Å². The molecule has 1 aromatic rings. The van der Waals surface area contributed by atoms with Gasteiger partial charge in [-0.1, -0.05) is 6.07 Å². The molecule has 1 saturated carbocycles. The number of anilines is 1. The molecule has 0 heterocycles. The maximum atomic E-state index is 12.4. The van der Waals surface area contributed by atoms with Gasteiger partial charge < -0.3 is 11.1 Å². The minimum atomic E-state index is -4.37. The maximum Gasteiger partial charge on any atom is 0.418 e. The zero-order valence-electron chi connectivity index (χ0n) is 8.64. The van der Waals surface area contributed by atoms with Crippen LogP contribution in [0, 0.1) is 0 Å². The van der Waals surface area contributed by atoms with Crippen molar-refractivity contribution in [2.75, 3.05) is 5.73 Å². The number of halogens is 3. The Balaban J connectivity index is 2.08. The second-order valence-corrected chi connectivity index (χ2v) is 4.07. The van der Waals surface area contributed by atoms with E-state index in [2.05, 4.69) is 5.32 Å². The fraction of sp³-hybridized carbons (Fsp3) is 0.455. The van der Waals surface area contributed by atoms with Crippen LogP contribution in [0.2, 0.25) is 0 Å². The number of nitrogen functional groups attached to an aromatic ring is 1. The molecule has 0 unspecified atom stereocenters. The van der Waals surface area contributed by atoms with E-state index in [1.807, 2.05) is 0 Å². The first-order valence-corrected chi connectivity index (χ1v) is 5.16. The highest BCUT2D eigenvalue weighted by molar-refractivity contribution is 5.50. The van der Waals surface area contributed by atoms with Gasteiger partial charge in [0.15, 0.2) is 0 Å². The van der Waals surface area contributed by atoms with Crippen LogP contribution in [-0.2, 0) is 12.7 Å². The second-order valence-electron chi connectivity index (χ2n) is 4.07. The molecule has 2 nitrogen and oxygen atoms in total. The van der Waals surface area contributed by atoms with Gasteiger partial charge in [-0.2, -0.15) is 13.2 Å². The highest BCUT2D eigenvalue weighted by atomic mass is 19.4. The smallest absolute Gasteiger partial charge is 0.398 e. The van der Waals surface area contributed by atoms with Gasteiger partial charge in [0, 0.05) is 18.3 Å². The second kappa shape index (κ2) is 3.97. The molecule has 0 radical (unpaired) electrons. The molecule has 88 valence electrons. The highest BCUT2D eigenvalue weighted by Crippen LogP contribution is 2.33. The molecule has 1 aromatic carbocycles. The molecule has 0 aliphatic heterocycles. The summed E-state index contributed by atoms with van der Waals surface area (Å²) in [6, 6.07) is 4.43. The average Bonchev–Trinajstić information content (AvgIpc) is 2.96. The van der Waals surface area contributed by atoms with Gasteiger partial charge in [-0.3, -0.25) is 0 Å². The fourth-order valence-corrected chi connectivity index (χ4v) is 1.53. The van der Waals surface area contributed by atoms with Gasteiger partial charge in [0.1, 0.15) is 0 Å². The molecule has 2 rings (SSSR count). The van der Waals surface area contributed by atoms with Crippen LogP contribution >= 0.6 is 0 Å². The van der Waals surface area contributed by atoms with Gasteiger partial charge in [0.05, 0.1) is 5.56 Å². The van der Waals surface area contributed by atoms with E-state index in [-0.39, 0.29) is 5.69 Å². The van der Waals surface area contributed by atoms with Crippen LogP contribution in [0.1, 0.15) is 24.0 Å². The summed E-state index contributed by atoms with van der Waals surface area (Å²) in [7, 11) is 0. The third kappa shape index (κ3) is 2.66. The largest absolute Gasteiger partial charge is 0.418 e. The molecule has 16 heavy (non-hydrogen) atoms. The minimum absolute atomic E-state index is 0.206. The predicted molar refractivity (Wildman–Crippen MR) is 55.7 cm³/mol. The Kier molecular flexibility index (Phi) is 2.80. The molecule has 1 fully saturated rings. The number of hydrogen-bond acceptors (Lipinski definition) is 2. The Morgan fingerprint density at radius 2 is 2.00 bits per heavy atom. The van der Waals surface area contributed by atoms with Crippen LogP contribution in [0.15, 0.2) is 18.2 Å². The van der Waals surface area contributed by atoms with Crippen molar-refractivity contribution in [3.63, 3.8) is 0 Å². The monoisotopic (exact) mass is 230 g/mol. The fourth-order valence-electron chi connectivity index (χ4n) is 1.53. The number of alkyl halides is 3. The molecule has 0 spiro atoms. The molecule has 0 amide bonds. The van der Waals surface area contributed by atoms with Crippen molar-refractivity contribution in [2.24, 2.45) is 0 Å². The molecular formula is C11H13F3N2. The lowest BCUT2D eigenvalue weighted by atomic mass is 10.1. The summed E-state index contributed by atoms with van der Waals surface area (Å²) < 4.78 is 37.2. The Morgan fingerprint density at radius 3 is 2.50 bits per heavy atom. The van der Waals surface area contributed by atoms with Crippen molar-refractivity contribution in [1.82, 2.24) is 5.32 Å². The summed E-state index contributed by atoms with van der Waals surface area (Å²) in [6.45, 7) is 0.576.